The summed E-state index contributed by atoms with van der Waals surface area (Å²) in [5.74, 6) is 0.0288. The van der Waals surface area contributed by atoms with Gasteiger partial charge >= 0.3 is 0 Å². The Bertz CT molecular complexity index is 1190. The molecule has 3 rings (SSSR count). The second kappa shape index (κ2) is 6.60. The summed E-state index contributed by atoms with van der Waals surface area (Å²) in [7, 11) is -6.70. The number of hydrogen-bond acceptors (Lipinski definition) is 5. The van der Waals surface area contributed by atoms with Crippen molar-refractivity contribution < 1.29 is 21.6 Å². The van der Waals surface area contributed by atoms with Gasteiger partial charge in [-0.2, -0.15) is 0 Å². The third-order valence-electron chi connectivity index (χ3n) is 3.75. The quantitative estimate of drug-likeness (QED) is 0.691. The Morgan fingerprint density at radius 3 is 2.23 bits per heavy atom. The van der Waals surface area contributed by atoms with E-state index in [1.165, 1.54) is 25.3 Å². The van der Waals surface area contributed by atoms with Gasteiger partial charge < -0.3 is 4.74 Å². The topological polar surface area (TPSA) is 116 Å². The SMILES string of the molecule is COc1ccc(NS(=O)(=O)c2ccc3ccccc3c2)cc1S(N)(=O)=O. The van der Waals surface area contributed by atoms with Crippen LogP contribution in [0.15, 0.2) is 70.5 Å². The first kappa shape index (κ1) is 18.2. The summed E-state index contributed by atoms with van der Waals surface area (Å²) in [4.78, 5) is -0.247. The maximum Gasteiger partial charge on any atom is 0.261 e. The number of primary sulfonamides is 1. The number of nitrogens with two attached hydrogens (primary N) is 1. The molecule has 9 heteroatoms. The van der Waals surface area contributed by atoms with Gasteiger partial charge in [-0.1, -0.05) is 30.3 Å². The third-order valence-corrected chi connectivity index (χ3v) is 6.06. The summed E-state index contributed by atoms with van der Waals surface area (Å²) >= 11 is 0. The summed E-state index contributed by atoms with van der Waals surface area (Å²) in [6.07, 6.45) is 0. The van der Waals surface area contributed by atoms with Crippen molar-refractivity contribution in [3.05, 3.63) is 60.7 Å². The largest absolute Gasteiger partial charge is 0.495 e. The number of hydrogen-bond donors (Lipinski definition) is 2. The molecule has 0 spiro atoms. The third kappa shape index (κ3) is 3.64. The molecule has 0 heterocycles. The van der Waals surface area contributed by atoms with Gasteiger partial charge in [0.05, 0.1) is 17.7 Å². The molecule has 0 amide bonds. The average molecular weight is 392 g/mol. The molecule has 0 saturated carbocycles. The smallest absolute Gasteiger partial charge is 0.261 e. The normalized spacial score (nSPS) is 12.1. The summed E-state index contributed by atoms with van der Waals surface area (Å²) in [5, 5.41) is 6.84. The average Bonchev–Trinajstić information content (AvgIpc) is 2.60. The molecular weight excluding hydrogens is 376 g/mol. The van der Waals surface area contributed by atoms with E-state index < -0.39 is 20.0 Å². The van der Waals surface area contributed by atoms with Crippen LogP contribution >= 0.6 is 0 Å². The lowest BCUT2D eigenvalue weighted by atomic mass is 10.1. The molecule has 0 aromatic heterocycles. The van der Waals surface area contributed by atoms with E-state index in [9.17, 15) is 16.8 Å². The highest BCUT2D eigenvalue weighted by Gasteiger charge is 2.19. The fourth-order valence-electron chi connectivity index (χ4n) is 2.51. The number of anilines is 1. The lowest BCUT2D eigenvalue weighted by Crippen LogP contribution is -2.16. The van der Waals surface area contributed by atoms with Crippen molar-refractivity contribution in [2.75, 3.05) is 11.8 Å². The minimum atomic E-state index is -4.08. The summed E-state index contributed by atoms with van der Waals surface area (Å²) < 4.78 is 55.9. The highest BCUT2D eigenvalue weighted by atomic mass is 32.2. The Labute approximate surface area is 151 Å². The van der Waals surface area contributed by atoms with E-state index in [-0.39, 0.29) is 21.2 Å². The maximum atomic E-state index is 12.6. The Balaban J connectivity index is 2.01. The number of rotatable bonds is 5. The number of nitrogens with one attached hydrogen (secondary N) is 1. The lowest BCUT2D eigenvalue weighted by Gasteiger charge is -2.12. The Hall–Kier alpha value is -2.62. The monoisotopic (exact) mass is 392 g/mol. The molecule has 0 bridgehead atoms. The van der Waals surface area contributed by atoms with Crippen LogP contribution in [0, 0.1) is 0 Å². The Morgan fingerprint density at radius 1 is 0.885 bits per heavy atom. The first-order valence-corrected chi connectivity index (χ1v) is 10.5. The first-order chi connectivity index (χ1) is 12.2. The van der Waals surface area contributed by atoms with Gasteiger partial charge in [-0.3, -0.25) is 4.72 Å². The first-order valence-electron chi connectivity index (χ1n) is 7.43. The van der Waals surface area contributed by atoms with E-state index in [2.05, 4.69) is 4.72 Å². The minimum absolute atomic E-state index is 0.0288. The van der Waals surface area contributed by atoms with Gasteiger partial charge in [0.25, 0.3) is 10.0 Å². The molecule has 0 fully saturated rings. The van der Waals surface area contributed by atoms with Crippen LogP contribution in [0.4, 0.5) is 5.69 Å². The van der Waals surface area contributed by atoms with Crippen LogP contribution in [-0.4, -0.2) is 23.9 Å². The van der Waals surface area contributed by atoms with E-state index >= 15 is 0 Å². The molecule has 7 nitrogen and oxygen atoms in total. The zero-order valence-corrected chi connectivity index (χ0v) is 15.3. The lowest BCUT2D eigenvalue weighted by molar-refractivity contribution is 0.403. The number of ether oxygens (including phenoxy) is 1. The molecule has 0 unspecified atom stereocenters. The highest BCUT2D eigenvalue weighted by molar-refractivity contribution is 7.92. The fraction of sp³-hybridized carbons (Fsp3) is 0.0588. The van der Waals surface area contributed by atoms with Crippen molar-refractivity contribution in [1.82, 2.24) is 0 Å². The second-order valence-electron chi connectivity index (χ2n) is 5.53. The zero-order chi connectivity index (χ0) is 18.9. The van der Waals surface area contributed by atoms with Gasteiger partial charge in [-0.05, 0) is 41.1 Å². The van der Waals surface area contributed by atoms with Crippen molar-refractivity contribution in [3.8, 4) is 5.75 Å². The van der Waals surface area contributed by atoms with Crippen molar-refractivity contribution in [1.29, 1.82) is 0 Å². The van der Waals surface area contributed by atoms with E-state index in [1.807, 2.05) is 18.2 Å². The molecule has 0 atom stereocenters. The van der Waals surface area contributed by atoms with Crippen molar-refractivity contribution >= 4 is 36.5 Å². The van der Waals surface area contributed by atoms with Gasteiger partial charge in [-0.25, -0.2) is 22.0 Å². The molecule has 3 aromatic rings. The van der Waals surface area contributed by atoms with Crippen LogP contribution in [-0.2, 0) is 20.0 Å². The van der Waals surface area contributed by atoms with Gasteiger partial charge in [0.1, 0.15) is 10.6 Å². The maximum absolute atomic E-state index is 12.6. The summed E-state index contributed by atoms with van der Waals surface area (Å²) in [6.45, 7) is 0. The van der Waals surface area contributed by atoms with Gasteiger partial charge in [0.15, 0.2) is 0 Å². The van der Waals surface area contributed by atoms with Crippen LogP contribution in [0.2, 0.25) is 0 Å². The predicted molar refractivity (Wildman–Crippen MR) is 99.1 cm³/mol. The fourth-order valence-corrected chi connectivity index (χ4v) is 4.32. The number of methoxy groups -OCH3 is 1. The van der Waals surface area contributed by atoms with Crippen LogP contribution in [0.1, 0.15) is 0 Å². The van der Waals surface area contributed by atoms with Crippen LogP contribution in [0.3, 0.4) is 0 Å². The van der Waals surface area contributed by atoms with Gasteiger partial charge in [0, 0.05) is 0 Å². The molecule has 0 aliphatic carbocycles. The number of benzene rings is 3. The van der Waals surface area contributed by atoms with Gasteiger partial charge in [0.2, 0.25) is 10.0 Å². The van der Waals surface area contributed by atoms with Crippen LogP contribution < -0.4 is 14.6 Å². The van der Waals surface area contributed by atoms with Crippen molar-refractivity contribution in [2.24, 2.45) is 5.14 Å². The van der Waals surface area contributed by atoms with Crippen molar-refractivity contribution in [2.45, 2.75) is 9.79 Å². The van der Waals surface area contributed by atoms with E-state index in [0.717, 1.165) is 16.8 Å². The predicted octanol–water partition coefficient (Wildman–Crippen LogP) is 2.30. The zero-order valence-electron chi connectivity index (χ0n) is 13.7. The number of sulfonamides is 2. The molecule has 0 saturated heterocycles. The van der Waals surface area contributed by atoms with Crippen LogP contribution in [0.25, 0.3) is 10.8 Å². The number of fused-ring (bicyclic) bond motifs is 1. The summed E-state index contributed by atoms with van der Waals surface area (Å²) in [6, 6.07) is 15.9. The molecule has 0 aliphatic heterocycles. The molecule has 136 valence electrons. The second-order valence-corrected chi connectivity index (χ2v) is 8.74. The standard InChI is InChI=1S/C17H16N2O5S2/c1-24-16-9-7-14(11-17(16)25(18,20)21)19-26(22,23)15-8-6-12-4-2-3-5-13(12)10-15/h2-11,19H,1H3,(H2,18,20,21). The molecular formula is C17H16N2O5S2. The van der Waals surface area contributed by atoms with Crippen LogP contribution in [0.5, 0.6) is 5.75 Å². The highest BCUT2D eigenvalue weighted by Crippen LogP contribution is 2.28. The molecule has 0 radical (unpaired) electrons. The minimum Gasteiger partial charge on any atom is -0.495 e. The van der Waals surface area contributed by atoms with E-state index in [4.69, 9.17) is 9.88 Å². The molecule has 3 aromatic carbocycles. The van der Waals surface area contributed by atoms with E-state index in [0.29, 0.717) is 0 Å². The molecule has 3 N–H and O–H groups in total. The van der Waals surface area contributed by atoms with E-state index in [1.54, 1.807) is 18.2 Å². The van der Waals surface area contributed by atoms with Crippen molar-refractivity contribution in [3.63, 3.8) is 0 Å². The molecule has 26 heavy (non-hydrogen) atoms. The van der Waals surface area contributed by atoms with Gasteiger partial charge in [-0.15, -0.1) is 0 Å². The Morgan fingerprint density at radius 2 is 1.58 bits per heavy atom. The Kier molecular flexibility index (Phi) is 4.61. The summed E-state index contributed by atoms with van der Waals surface area (Å²) in [5.41, 5.74) is 0.0583. The molecule has 0 aliphatic rings.